The Kier molecular flexibility index (Phi) is 4.37. The first-order valence-electron chi connectivity index (χ1n) is 6.47. The van der Waals surface area contributed by atoms with Gasteiger partial charge >= 0.3 is 6.01 Å². The fourth-order valence-electron chi connectivity index (χ4n) is 1.78. The van der Waals surface area contributed by atoms with Gasteiger partial charge in [-0.05, 0) is 19.1 Å². The lowest BCUT2D eigenvalue weighted by molar-refractivity contribution is 0.102. The number of carbonyl (C=O) groups is 1. The lowest BCUT2D eigenvalue weighted by Crippen LogP contribution is -2.18. The van der Waals surface area contributed by atoms with E-state index < -0.39 is 0 Å². The number of hydrogen-bond acceptors (Lipinski definition) is 5. The Labute approximate surface area is 123 Å². The predicted molar refractivity (Wildman–Crippen MR) is 82.0 cm³/mol. The number of benzene rings is 1. The highest BCUT2D eigenvalue weighted by atomic mass is 16.5. The van der Waals surface area contributed by atoms with Gasteiger partial charge in [0.15, 0.2) is 5.82 Å². The fraction of sp³-hybridized carbons (Fsp3) is 0.267. The van der Waals surface area contributed by atoms with Gasteiger partial charge < -0.3 is 15.0 Å². The van der Waals surface area contributed by atoms with E-state index in [1.165, 1.54) is 13.3 Å². The highest BCUT2D eigenvalue weighted by Crippen LogP contribution is 2.23. The molecule has 2 aromatic rings. The van der Waals surface area contributed by atoms with Crippen LogP contribution >= 0.6 is 0 Å². The Bertz CT molecular complexity index is 639. The molecular formula is C15H18N4O2. The maximum atomic E-state index is 12.2. The number of methoxy groups -OCH3 is 1. The quantitative estimate of drug-likeness (QED) is 0.932. The SMILES string of the molecule is COc1ncc(NC(=O)c2ccc(C)cc2)c(N(C)C)n1. The smallest absolute Gasteiger partial charge is 0.318 e. The molecule has 21 heavy (non-hydrogen) atoms. The molecule has 0 spiro atoms. The highest BCUT2D eigenvalue weighted by molar-refractivity contribution is 6.05. The van der Waals surface area contributed by atoms with Gasteiger partial charge in [0.25, 0.3) is 5.91 Å². The molecule has 0 saturated carbocycles. The van der Waals surface area contributed by atoms with Gasteiger partial charge in [0.1, 0.15) is 5.69 Å². The van der Waals surface area contributed by atoms with E-state index in [1.54, 1.807) is 17.0 Å². The molecule has 1 amide bonds. The van der Waals surface area contributed by atoms with Gasteiger partial charge in [0, 0.05) is 19.7 Å². The minimum atomic E-state index is -0.202. The van der Waals surface area contributed by atoms with Crippen LogP contribution in [0.2, 0.25) is 0 Å². The van der Waals surface area contributed by atoms with Crippen molar-refractivity contribution < 1.29 is 9.53 Å². The molecule has 0 bridgehead atoms. The van der Waals surface area contributed by atoms with Gasteiger partial charge in [-0.1, -0.05) is 17.7 Å². The van der Waals surface area contributed by atoms with Crippen LogP contribution in [0.15, 0.2) is 30.5 Å². The van der Waals surface area contributed by atoms with Crippen molar-refractivity contribution in [3.05, 3.63) is 41.6 Å². The lowest BCUT2D eigenvalue weighted by Gasteiger charge is -2.16. The summed E-state index contributed by atoms with van der Waals surface area (Å²) in [6.45, 7) is 1.98. The number of carbonyl (C=O) groups excluding carboxylic acids is 1. The molecule has 0 saturated heterocycles. The normalized spacial score (nSPS) is 10.1. The van der Waals surface area contributed by atoms with E-state index in [-0.39, 0.29) is 11.9 Å². The maximum absolute atomic E-state index is 12.2. The Morgan fingerprint density at radius 3 is 2.48 bits per heavy atom. The summed E-state index contributed by atoms with van der Waals surface area (Å²) in [7, 11) is 5.17. The molecule has 0 aliphatic carbocycles. The monoisotopic (exact) mass is 286 g/mol. The van der Waals surface area contributed by atoms with E-state index in [9.17, 15) is 4.79 Å². The van der Waals surface area contributed by atoms with E-state index in [1.807, 2.05) is 33.2 Å². The van der Waals surface area contributed by atoms with Crippen LogP contribution in [0.1, 0.15) is 15.9 Å². The molecule has 2 rings (SSSR count). The number of rotatable bonds is 4. The number of anilines is 2. The molecule has 0 radical (unpaired) electrons. The molecule has 6 nitrogen and oxygen atoms in total. The van der Waals surface area contributed by atoms with Crippen LogP contribution < -0.4 is 15.0 Å². The van der Waals surface area contributed by atoms with Crippen LogP contribution in [-0.2, 0) is 0 Å². The van der Waals surface area contributed by atoms with Gasteiger partial charge in [-0.15, -0.1) is 0 Å². The van der Waals surface area contributed by atoms with Gasteiger partial charge in [-0.25, -0.2) is 4.98 Å². The average molecular weight is 286 g/mol. The molecule has 1 heterocycles. The molecule has 6 heteroatoms. The zero-order chi connectivity index (χ0) is 15.4. The first-order chi connectivity index (χ1) is 10.0. The van der Waals surface area contributed by atoms with Crippen LogP contribution in [0.4, 0.5) is 11.5 Å². The van der Waals surface area contributed by atoms with Crippen molar-refractivity contribution in [2.45, 2.75) is 6.92 Å². The lowest BCUT2D eigenvalue weighted by atomic mass is 10.1. The van der Waals surface area contributed by atoms with E-state index in [0.717, 1.165) is 5.56 Å². The third kappa shape index (κ3) is 3.47. The zero-order valence-corrected chi connectivity index (χ0v) is 12.5. The van der Waals surface area contributed by atoms with Crippen molar-refractivity contribution in [2.24, 2.45) is 0 Å². The summed E-state index contributed by atoms with van der Waals surface area (Å²) in [4.78, 5) is 22.3. The Morgan fingerprint density at radius 2 is 1.90 bits per heavy atom. The van der Waals surface area contributed by atoms with Crippen LogP contribution in [0.25, 0.3) is 0 Å². The number of aryl methyl sites for hydroxylation is 1. The summed E-state index contributed by atoms with van der Waals surface area (Å²) in [6.07, 6.45) is 1.53. The molecular weight excluding hydrogens is 268 g/mol. The first-order valence-corrected chi connectivity index (χ1v) is 6.47. The second kappa shape index (κ2) is 6.21. The fourth-order valence-corrected chi connectivity index (χ4v) is 1.78. The molecule has 1 N–H and O–H groups in total. The summed E-state index contributed by atoms with van der Waals surface area (Å²) in [5, 5.41) is 2.82. The number of ether oxygens (including phenoxy) is 1. The zero-order valence-electron chi connectivity index (χ0n) is 12.5. The van der Waals surface area contributed by atoms with Crippen molar-refractivity contribution >= 4 is 17.4 Å². The third-order valence-corrected chi connectivity index (χ3v) is 2.91. The standard InChI is InChI=1S/C15H18N4O2/c1-10-5-7-11(8-6-10)14(20)17-12-9-16-15(21-4)18-13(12)19(2)3/h5-9H,1-4H3,(H,17,20). The second-order valence-corrected chi connectivity index (χ2v) is 4.81. The highest BCUT2D eigenvalue weighted by Gasteiger charge is 2.13. The molecule has 0 unspecified atom stereocenters. The second-order valence-electron chi connectivity index (χ2n) is 4.81. The van der Waals surface area contributed by atoms with Crippen LogP contribution in [0.5, 0.6) is 6.01 Å². The third-order valence-electron chi connectivity index (χ3n) is 2.91. The molecule has 0 atom stereocenters. The van der Waals surface area contributed by atoms with Crippen LogP contribution in [-0.4, -0.2) is 37.1 Å². The van der Waals surface area contributed by atoms with Crippen molar-refractivity contribution in [1.29, 1.82) is 0 Å². The van der Waals surface area contributed by atoms with Gasteiger partial charge in [-0.2, -0.15) is 4.98 Å². The van der Waals surface area contributed by atoms with E-state index in [0.29, 0.717) is 17.1 Å². The molecule has 1 aromatic carbocycles. The summed E-state index contributed by atoms with van der Waals surface area (Å²) in [6, 6.07) is 7.61. The number of nitrogens with one attached hydrogen (secondary N) is 1. The van der Waals surface area contributed by atoms with Crippen molar-refractivity contribution in [3.8, 4) is 6.01 Å². The molecule has 0 fully saturated rings. The Hall–Kier alpha value is -2.63. The van der Waals surface area contributed by atoms with Gasteiger partial charge in [0.2, 0.25) is 0 Å². The van der Waals surface area contributed by atoms with Crippen molar-refractivity contribution in [1.82, 2.24) is 9.97 Å². The molecule has 110 valence electrons. The summed E-state index contributed by atoms with van der Waals surface area (Å²) < 4.78 is 5.00. The van der Waals surface area contributed by atoms with Gasteiger partial charge in [-0.3, -0.25) is 4.79 Å². The summed E-state index contributed by atoms with van der Waals surface area (Å²) in [5.74, 6) is 0.383. The van der Waals surface area contributed by atoms with E-state index in [4.69, 9.17) is 4.74 Å². The minimum absolute atomic E-state index is 0.202. The molecule has 0 aliphatic heterocycles. The maximum Gasteiger partial charge on any atom is 0.318 e. The van der Waals surface area contributed by atoms with E-state index >= 15 is 0 Å². The number of aromatic nitrogens is 2. The van der Waals surface area contributed by atoms with Crippen molar-refractivity contribution in [3.63, 3.8) is 0 Å². The number of amides is 1. The first kappa shape index (κ1) is 14.8. The minimum Gasteiger partial charge on any atom is -0.467 e. The van der Waals surface area contributed by atoms with Gasteiger partial charge in [0.05, 0.1) is 13.3 Å². The number of hydrogen-bond donors (Lipinski definition) is 1. The average Bonchev–Trinajstić information content (AvgIpc) is 2.48. The largest absolute Gasteiger partial charge is 0.467 e. The molecule has 1 aromatic heterocycles. The Morgan fingerprint density at radius 1 is 1.24 bits per heavy atom. The Balaban J connectivity index is 2.26. The van der Waals surface area contributed by atoms with E-state index in [2.05, 4.69) is 15.3 Å². The summed E-state index contributed by atoms with van der Waals surface area (Å²) in [5.41, 5.74) is 2.22. The topological polar surface area (TPSA) is 67.3 Å². The van der Waals surface area contributed by atoms with Crippen molar-refractivity contribution in [2.75, 3.05) is 31.4 Å². The van der Waals surface area contributed by atoms with Crippen LogP contribution in [0, 0.1) is 6.92 Å². The number of nitrogens with zero attached hydrogens (tertiary/aromatic N) is 3. The van der Waals surface area contributed by atoms with Crippen LogP contribution in [0.3, 0.4) is 0 Å². The predicted octanol–water partition coefficient (Wildman–Crippen LogP) is 2.11. The molecule has 0 aliphatic rings. The summed E-state index contributed by atoms with van der Waals surface area (Å²) >= 11 is 0.